The van der Waals surface area contributed by atoms with Crippen molar-refractivity contribution in [1.29, 1.82) is 0 Å². The molecule has 0 radical (unpaired) electrons. The number of benzene rings is 2. The van der Waals surface area contributed by atoms with Crippen LogP contribution < -0.4 is 0 Å². The zero-order valence-corrected chi connectivity index (χ0v) is 17.3. The van der Waals surface area contributed by atoms with Crippen LogP contribution in [0.5, 0.6) is 11.6 Å². The van der Waals surface area contributed by atoms with Gasteiger partial charge in [0, 0.05) is 5.56 Å². The van der Waals surface area contributed by atoms with E-state index in [1.54, 1.807) is 37.3 Å². The number of aryl methyl sites for hydroxylation is 1. The van der Waals surface area contributed by atoms with Gasteiger partial charge in [-0.3, -0.25) is 4.79 Å². The summed E-state index contributed by atoms with van der Waals surface area (Å²) in [5, 5.41) is 21.5. The number of aromatic amines is 1. The number of nitrogens with one attached hydrogen (secondary N) is 1. The van der Waals surface area contributed by atoms with Crippen molar-refractivity contribution in [2.24, 2.45) is 0 Å². The number of aromatic hydroxyl groups is 2. The Bertz CT molecular complexity index is 1480. The van der Waals surface area contributed by atoms with E-state index in [0.29, 0.717) is 16.8 Å². The predicted molar refractivity (Wildman–Crippen MR) is 116 cm³/mol. The summed E-state index contributed by atoms with van der Waals surface area (Å²) in [5.74, 6) is -2.17. The van der Waals surface area contributed by atoms with E-state index in [1.165, 1.54) is 18.2 Å². The normalized spacial score (nSPS) is 11.3. The van der Waals surface area contributed by atoms with Gasteiger partial charge in [0.1, 0.15) is 11.6 Å². The SMILES string of the molecule is Cc1ccc(C(=O)c2c(O)c(O)n(-c3nc4ccccc4[nH]3)c2-c2ccc(Cl)c(F)c2)o1. The van der Waals surface area contributed by atoms with Gasteiger partial charge in [-0.05, 0) is 43.3 Å². The summed E-state index contributed by atoms with van der Waals surface area (Å²) in [6.45, 7) is 1.67. The number of H-pyrrole nitrogens is 1. The highest BCUT2D eigenvalue weighted by atomic mass is 35.5. The van der Waals surface area contributed by atoms with Crippen molar-refractivity contribution < 1.29 is 23.8 Å². The maximum Gasteiger partial charge on any atom is 0.242 e. The molecule has 32 heavy (non-hydrogen) atoms. The number of imidazole rings is 1. The smallest absolute Gasteiger partial charge is 0.242 e. The Labute approximate surface area is 185 Å². The zero-order valence-electron chi connectivity index (χ0n) is 16.6. The van der Waals surface area contributed by atoms with Crippen LogP contribution in [-0.2, 0) is 0 Å². The summed E-state index contributed by atoms with van der Waals surface area (Å²) in [7, 11) is 0. The molecule has 0 aliphatic carbocycles. The van der Waals surface area contributed by atoms with Crippen molar-refractivity contribution in [2.45, 2.75) is 6.92 Å². The van der Waals surface area contributed by atoms with Gasteiger partial charge in [-0.2, -0.15) is 0 Å². The van der Waals surface area contributed by atoms with Crippen molar-refractivity contribution >= 4 is 28.4 Å². The lowest BCUT2D eigenvalue weighted by atomic mass is 10.0. The molecule has 3 N–H and O–H groups in total. The van der Waals surface area contributed by atoms with Crippen LogP contribution in [0.1, 0.15) is 21.9 Å². The van der Waals surface area contributed by atoms with E-state index in [1.807, 2.05) is 0 Å². The van der Waals surface area contributed by atoms with Crippen LogP contribution in [0.3, 0.4) is 0 Å². The molecule has 3 aromatic heterocycles. The van der Waals surface area contributed by atoms with Crippen molar-refractivity contribution in [3.05, 3.63) is 82.5 Å². The number of ketones is 1. The molecule has 0 amide bonds. The molecule has 0 saturated heterocycles. The van der Waals surface area contributed by atoms with Crippen LogP contribution in [0.15, 0.2) is 59.0 Å². The number of halogens is 2. The molecule has 3 heterocycles. The number of para-hydroxylation sites is 2. The Balaban J connectivity index is 1.83. The Morgan fingerprint density at radius 2 is 1.94 bits per heavy atom. The molecule has 0 unspecified atom stereocenters. The quantitative estimate of drug-likeness (QED) is 0.319. The molecule has 0 atom stereocenters. The largest absolute Gasteiger partial charge is 0.503 e. The minimum atomic E-state index is -0.729. The molecule has 5 rings (SSSR count). The van der Waals surface area contributed by atoms with E-state index in [4.69, 9.17) is 16.0 Å². The summed E-state index contributed by atoms with van der Waals surface area (Å²) >= 11 is 5.83. The number of rotatable bonds is 4. The number of carbonyl (C=O) groups excluding carboxylic acids is 1. The summed E-state index contributed by atoms with van der Waals surface area (Å²) in [6.07, 6.45) is 0. The van der Waals surface area contributed by atoms with E-state index in [2.05, 4.69) is 9.97 Å². The fourth-order valence-corrected chi connectivity index (χ4v) is 3.73. The Kier molecular flexibility index (Phi) is 4.53. The van der Waals surface area contributed by atoms with Crippen LogP contribution in [0, 0.1) is 12.7 Å². The average Bonchev–Trinajstić information content (AvgIpc) is 3.46. The number of hydrogen-bond acceptors (Lipinski definition) is 5. The number of nitrogens with zero attached hydrogens (tertiary/aromatic N) is 2. The Morgan fingerprint density at radius 3 is 2.62 bits per heavy atom. The van der Waals surface area contributed by atoms with E-state index in [0.717, 1.165) is 10.6 Å². The van der Waals surface area contributed by atoms with Crippen molar-refractivity contribution in [1.82, 2.24) is 14.5 Å². The lowest BCUT2D eigenvalue weighted by Gasteiger charge is -2.10. The zero-order chi connectivity index (χ0) is 22.6. The van der Waals surface area contributed by atoms with Gasteiger partial charge in [0.15, 0.2) is 11.5 Å². The molecule has 2 aromatic carbocycles. The summed E-state index contributed by atoms with van der Waals surface area (Å²) < 4.78 is 20.9. The second-order valence-corrected chi connectivity index (χ2v) is 7.58. The molecule has 0 spiro atoms. The van der Waals surface area contributed by atoms with Gasteiger partial charge < -0.3 is 19.6 Å². The van der Waals surface area contributed by atoms with E-state index >= 15 is 0 Å². The van der Waals surface area contributed by atoms with Crippen LogP contribution in [0.25, 0.3) is 28.2 Å². The van der Waals surface area contributed by atoms with Gasteiger partial charge in [0.05, 0.1) is 27.3 Å². The maximum absolute atomic E-state index is 14.3. The highest BCUT2D eigenvalue weighted by Gasteiger charge is 2.32. The first-order valence-corrected chi connectivity index (χ1v) is 9.91. The van der Waals surface area contributed by atoms with Crippen LogP contribution in [0.4, 0.5) is 4.39 Å². The molecule has 5 aromatic rings. The lowest BCUT2D eigenvalue weighted by Crippen LogP contribution is -2.05. The third-order valence-electron chi connectivity index (χ3n) is 5.09. The summed E-state index contributed by atoms with van der Waals surface area (Å²) in [4.78, 5) is 20.7. The second-order valence-electron chi connectivity index (χ2n) is 7.18. The van der Waals surface area contributed by atoms with Gasteiger partial charge in [-0.25, -0.2) is 13.9 Å². The monoisotopic (exact) mass is 451 g/mol. The fourth-order valence-electron chi connectivity index (χ4n) is 3.61. The maximum atomic E-state index is 14.3. The topological polar surface area (TPSA) is 104 Å². The summed E-state index contributed by atoms with van der Waals surface area (Å²) in [5.41, 5.74) is 1.21. The highest BCUT2D eigenvalue weighted by Crippen LogP contribution is 2.44. The summed E-state index contributed by atoms with van der Waals surface area (Å²) in [6, 6.07) is 14.1. The van der Waals surface area contributed by atoms with Crippen LogP contribution in [0.2, 0.25) is 5.02 Å². The number of aromatic nitrogens is 3. The van der Waals surface area contributed by atoms with Gasteiger partial charge in [-0.1, -0.05) is 29.8 Å². The molecule has 0 aliphatic rings. The van der Waals surface area contributed by atoms with Gasteiger partial charge in [-0.15, -0.1) is 0 Å². The third kappa shape index (κ3) is 3.04. The molecule has 0 saturated carbocycles. The minimum Gasteiger partial charge on any atom is -0.503 e. The minimum absolute atomic E-state index is 0.0219. The first-order chi connectivity index (χ1) is 15.3. The molecule has 0 bridgehead atoms. The first-order valence-electron chi connectivity index (χ1n) is 9.53. The van der Waals surface area contributed by atoms with E-state index < -0.39 is 23.2 Å². The molecular weight excluding hydrogens is 437 g/mol. The van der Waals surface area contributed by atoms with Crippen LogP contribution in [-0.4, -0.2) is 30.5 Å². The molecule has 7 nitrogen and oxygen atoms in total. The van der Waals surface area contributed by atoms with Gasteiger partial charge >= 0.3 is 0 Å². The highest BCUT2D eigenvalue weighted by molar-refractivity contribution is 6.30. The third-order valence-corrected chi connectivity index (χ3v) is 5.40. The molecule has 9 heteroatoms. The van der Waals surface area contributed by atoms with Crippen molar-refractivity contribution in [3.63, 3.8) is 0 Å². The van der Waals surface area contributed by atoms with Crippen LogP contribution >= 0.6 is 11.6 Å². The number of fused-ring (bicyclic) bond motifs is 1. The predicted octanol–water partition coefficient (Wildman–Crippen LogP) is 5.36. The molecule has 0 fully saturated rings. The fraction of sp³-hybridized carbons (Fsp3) is 0.0435. The first kappa shape index (κ1) is 19.9. The lowest BCUT2D eigenvalue weighted by molar-refractivity contribution is 0.101. The van der Waals surface area contributed by atoms with E-state index in [9.17, 15) is 19.4 Å². The Hall–Kier alpha value is -4.04. The standard InChI is InChI=1S/C23H15ClFN3O4/c1-11-6-9-17(32-11)20(29)18-19(12-7-8-13(24)14(25)10-12)28(22(31)21(18)30)23-26-15-4-2-3-5-16(15)27-23/h2-10,30-31H,1H3,(H,26,27). The van der Waals surface area contributed by atoms with Crippen molar-refractivity contribution in [2.75, 3.05) is 0 Å². The van der Waals surface area contributed by atoms with Gasteiger partial charge in [0.25, 0.3) is 0 Å². The molecular formula is C23H15ClFN3O4. The molecule has 0 aliphatic heterocycles. The number of carbonyl (C=O) groups is 1. The second kappa shape index (κ2) is 7.28. The van der Waals surface area contributed by atoms with E-state index in [-0.39, 0.29) is 33.6 Å². The average molecular weight is 452 g/mol. The van der Waals surface area contributed by atoms with Gasteiger partial charge in [0.2, 0.25) is 17.6 Å². The molecule has 160 valence electrons. The number of furan rings is 1. The van der Waals surface area contributed by atoms with Crippen molar-refractivity contribution in [3.8, 4) is 28.8 Å². The number of hydrogen-bond donors (Lipinski definition) is 3. The Morgan fingerprint density at radius 1 is 1.16 bits per heavy atom.